The minimum atomic E-state index is -1.06. The Morgan fingerprint density at radius 1 is 1.24 bits per heavy atom. The number of rotatable bonds is 10. The summed E-state index contributed by atoms with van der Waals surface area (Å²) in [6, 6.07) is 4.38. The molecule has 0 saturated carbocycles. The van der Waals surface area contributed by atoms with Crippen molar-refractivity contribution < 1.29 is 38.8 Å². The Kier molecular flexibility index (Phi) is 9.02. The van der Waals surface area contributed by atoms with E-state index in [2.05, 4.69) is 0 Å². The molecule has 0 bridgehead atoms. The fraction of sp³-hybridized carbons (Fsp3) is 0.577. The highest BCUT2D eigenvalue weighted by molar-refractivity contribution is 5.88. The van der Waals surface area contributed by atoms with Crippen LogP contribution < -0.4 is 4.74 Å². The maximum atomic E-state index is 11.8. The van der Waals surface area contributed by atoms with E-state index in [1.807, 2.05) is 19.9 Å². The molecule has 1 aliphatic rings. The van der Waals surface area contributed by atoms with E-state index in [9.17, 15) is 24.6 Å². The van der Waals surface area contributed by atoms with Crippen LogP contribution >= 0.6 is 0 Å². The molecule has 1 saturated heterocycles. The summed E-state index contributed by atoms with van der Waals surface area (Å²) in [5, 5.41) is 19.6. The summed E-state index contributed by atoms with van der Waals surface area (Å²) in [5.74, 6) is -1.61. The predicted molar refractivity (Wildman–Crippen MR) is 126 cm³/mol. The van der Waals surface area contributed by atoms with Crippen molar-refractivity contribution in [2.24, 2.45) is 0 Å². The first-order valence-electron chi connectivity index (χ1n) is 11.5. The number of hydrogen-bond acceptors (Lipinski definition) is 7. The molecule has 1 aromatic rings. The van der Waals surface area contributed by atoms with Crippen molar-refractivity contribution in [1.29, 1.82) is 0 Å². The average Bonchev–Trinajstić information content (AvgIpc) is 3.13. The molecule has 1 fully saturated rings. The number of carboxylic acids is 1. The molecule has 0 aromatic heterocycles. The van der Waals surface area contributed by atoms with Crippen LogP contribution in [0.25, 0.3) is 0 Å². The first-order valence-corrected chi connectivity index (χ1v) is 11.5. The zero-order valence-corrected chi connectivity index (χ0v) is 20.8. The molecule has 8 nitrogen and oxygen atoms in total. The molecule has 0 amide bonds. The van der Waals surface area contributed by atoms with Crippen LogP contribution in [0.1, 0.15) is 83.1 Å². The van der Waals surface area contributed by atoms with Crippen molar-refractivity contribution in [3.63, 3.8) is 0 Å². The highest BCUT2D eigenvalue weighted by Crippen LogP contribution is 2.40. The van der Waals surface area contributed by atoms with Crippen LogP contribution in [0.4, 0.5) is 0 Å². The SMILES string of the molecule is CC(=O)Oc1ccc(C(=O)O)cc1C/C=C(\C)CCC(OC(C)=O)[C@]1(C)CC[C@H](C(C)(C)O)O1. The van der Waals surface area contributed by atoms with Gasteiger partial charge in [-0.15, -0.1) is 0 Å². The van der Waals surface area contributed by atoms with Crippen molar-refractivity contribution in [2.45, 2.75) is 97.1 Å². The van der Waals surface area contributed by atoms with Gasteiger partial charge in [0.05, 0.1) is 17.3 Å². The van der Waals surface area contributed by atoms with Gasteiger partial charge in [-0.2, -0.15) is 0 Å². The Bertz CT molecular complexity index is 943. The lowest BCUT2D eigenvalue weighted by Crippen LogP contribution is -2.45. The summed E-state index contributed by atoms with van der Waals surface area (Å²) in [6.45, 7) is 9.93. The molecule has 2 rings (SSSR count). The van der Waals surface area contributed by atoms with Crippen LogP contribution in [0.3, 0.4) is 0 Å². The van der Waals surface area contributed by atoms with Crippen molar-refractivity contribution in [1.82, 2.24) is 0 Å². The van der Waals surface area contributed by atoms with Gasteiger partial charge in [0, 0.05) is 13.8 Å². The molecular formula is C26H36O8. The number of carbonyl (C=O) groups excluding carboxylic acids is 2. The first-order chi connectivity index (χ1) is 15.7. The van der Waals surface area contributed by atoms with Crippen molar-refractivity contribution >= 4 is 17.9 Å². The minimum Gasteiger partial charge on any atom is -0.478 e. The number of aromatic carboxylic acids is 1. The Morgan fingerprint density at radius 2 is 1.91 bits per heavy atom. The van der Waals surface area contributed by atoms with Gasteiger partial charge in [-0.1, -0.05) is 11.6 Å². The van der Waals surface area contributed by atoms with E-state index in [-0.39, 0.29) is 17.6 Å². The minimum absolute atomic E-state index is 0.111. The number of aliphatic hydroxyl groups is 1. The van der Waals surface area contributed by atoms with Crippen LogP contribution in [0.5, 0.6) is 5.75 Å². The zero-order valence-electron chi connectivity index (χ0n) is 20.8. The predicted octanol–water partition coefficient (Wildman–Crippen LogP) is 4.22. The summed E-state index contributed by atoms with van der Waals surface area (Å²) in [5.41, 5.74) is 0.0184. The number of carbonyl (C=O) groups is 3. The van der Waals surface area contributed by atoms with Crippen molar-refractivity contribution in [3.05, 3.63) is 41.0 Å². The van der Waals surface area contributed by atoms with E-state index < -0.39 is 29.2 Å². The fourth-order valence-electron chi connectivity index (χ4n) is 4.16. The largest absolute Gasteiger partial charge is 0.478 e. The molecular weight excluding hydrogens is 440 g/mol. The molecule has 1 aromatic carbocycles. The van der Waals surface area contributed by atoms with E-state index in [4.69, 9.17) is 14.2 Å². The lowest BCUT2D eigenvalue weighted by molar-refractivity contribution is -0.180. The smallest absolute Gasteiger partial charge is 0.335 e. The third kappa shape index (κ3) is 7.67. The third-order valence-corrected chi connectivity index (χ3v) is 6.12. The van der Waals surface area contributed by atoms with Crippen LogP contribution in [0, 0.1) is 0 Å². The first kappa shape index (κ1) is 27.5. The number of allylic oxidation sites excluding steroid dienone is 2. The number of ether oxygens (including phenoxy) is 3. The fourth-order valence-corrected chi connectivity index (χ4v) is 4.16. The molecule has 3 atom stereocenters. The summed E-state index contributed by atoms with van der Waals surface area (Å²) in [6.07, 6.45) is 3.98. The molecule has 1 unspecified atom stereocenters. The maximum Gasteiger partial charge on any atom is 0.335 e. The van der Waals surface area contributed by atoms with Gasteiger partial charge in [0.2, 0.25) is 0 Å². The highest BCUT2D eigenvalue weighted by Gasteiger charge is 2.48. The van der Waals surface area contributed by atoms with Gasteiger partial charge in [-0.05, 0) is 83.6 Å². The molecule has 2 N–H and O–H groups in total. The second-order valence-electron chi connectivity index (χ2n) is 9.72. The Balaban J connectivity index is 2.13. The van der Waals surface area contributed by atoms with Gasteiger partial charge >= 0.3 is 17.9 Å². The number of carboxylic acid groups (broad SMARTS) is 1. The summed E-state index contributed by atoms with van der Waals surface area (Å²) in [4.78, 5) is 34.5. The lowest BCUT2D eigenvalue weighted by atomic mass is 9.89. The summed E-state index contributed by atoms with van der Waals surface area (Å²) in [7, 11) is 0. The quantitative estimate of drug-likeness (QED) is 0.293. The molecule has 0 aliphatic carbocycles. The van der Waals surface area contributed by atoms with Crippen molar-refractivity contribution in [2.75, 3.05) is 0 Å². The normalized spacial score (nSPS) is 21.7. The maximum absolute atomic E-state index is 11.8. The number of hydrogen-bond donors (Lipinski definition) is 2. The standard InChI is InChI=1S/C26H36O8/c1-16(7-9-19-15-20(24(29)30)10-11-21(19)32-17(2)27)8-12-23(33-18(3)28)26(6)14-13-22(34-26)25(4,5)31/h7,10-11,15,22-23,31H,8-9,12-14H2,1-6H3,(H,29,30)/b16-7+/t22-,23?,26+/m1/s1. The van der Waals surface area contributed by atoms with Crippen LogP contribution in [-0.4, -0.2) is 51.5 Å². The molecule has 0 spiro atoms. The van der Waals surface area contributed by atoms with Gasteiger partial charge in [-0.25, -0.2) is 4.79 Å². The van der Waals surface area contributed by atoms with E-state index in [0.717, 1.165) is 5.57 Å². The van der Waals surface area contributed by atoms with Crippen LogP contribution in [-0.2, 0) is 25.5 Å². The summed E-state index contributed by atoms with van der Waals surface area (Å²) >= 11 is 0. The van der Waals surface area contributed by atoms with E-state index in [0.29, 0.717) is 43.4 Å². The molecule has 1 aliphatic heterocycles. The number of esters is 2. The van der Waals surface area contributed by atoms with Gasteiger partial charge in [0.15, 0.2) is 0 Å². The van der Waals surface area contributed by atoms with Gasteiger partial charge in [0.25, 0.3) is 0 Å². The molecule has 1 heterocycles. The van der Waals surface area contributed by atoms with E-state index >= 15 is 0 Å². The highest BCUT2D eigenvalue weighted by atomic mass is 16.6. The van der Waals surface area contributed by atoms with Crippen LogP contribution in [0.15, 0.2) is 29.8 Å². The van der Waals surface area contributed by atoms with Gasteiger partial charge < -0.3 is 24.4 Å². The van der Waals surface area contributed by atoms with E-state index in [1.54, 1.807) is 13.8 Å². The van der Waals surface area contributed by atoms with Crippen molar-refractivity contribution in [3.8, 4) is 5.75 Å². The second kappa shape index (κ2) is 11.1. The van der Waals surface area contributed by atoms with E-state index in [1.165, 1.54) is 32.0 Å². The topological polar surface area (TPSA) is 119 Å². The Morgan fingerprint density at radius 3 is 2.44 bits per heavy atom. The molecule has 34 heavy (non-hydrogen) atoms. The molecule has 188 valence electrons. The molecule has 0 radical (unpaired) electrons. The van der Waals surface area contributed by atoms with Gasteiger partial charge in [-0.3, -0.25) is 9.59 Å². The van der Waals surface area contributed by atoms with Gasteiger partial charge in [0.1, 0.15) is 17.5 Å². The second-order valence-corrected chi connectivity index (χ2v) is 9.72. The monoisotopic (exact) mass is 476 g/mol. The van der Waals surface area contributed by atoms with Crippen LogP contribution in [0.2, 0.25) is 0 Å². The third-order valence-electron chi connectivity index (χ3n) is 6.12. The Labute approximate surface area is 200 Å². The Hall–Kier alpha value is -2.71. The lowest BCUT2D eigenvalue weighted by Gasteiger charge is -2.35. The average molecular weight is 477 g/mol. The molecule has 8 heteroatoms. The summed E-state index contributed by atoms with van der Waals surface area (Å²) < 4.78 is 17.0. The number of benzene rings is 1. The zero-order chi connectivity index (χ0) is 25.7.